The summed E-state index contributed by atoms with van der Waals surface area (Å²) in [7, 11) is 0. The molecular weight excluding hydrogens is 202 g/mol. The standard InChI is InChI=1S/C13H19NO2/c15-14(16)13-6-2-5-11-7-9-3-1-4-10(9)8-12(11)13/h2,5,9-13H,1,3-4,6-8H2. The number of hydrogen-bond acceptors (Lipinski definition) is 2. The van der Waals surface area contributed by atoms with Crippen LogP contribution in [0.2, 0.25) is 0 Å². The van der Waals surface area contributed by atoms with Crippen molar-refractivity contribution in [3.05, 3.63) is 22.3 Å². The summed E-state index contributed by atoms with van der Waals surface area (Å²) in [6.07, 6.45) is 11.3. The van der Waals surface area contributed by atoms with Crippen molar-refractivity contribution in [1.29, 1.82) is 0 Å². The molecule has 0 aromatic carbocycles. The highest BCUT2D eigenvalue weighted by Gasteiger charge is 2.46. The minimum atomic E-state index is -0.295. The molecule has 0 bridgehead atoms. The molecule has 0 radical (unpaired) electrons. The van der Waals surface area contributed by atoms with Gasteiger partial charge in [0, 0.05) is 17.3 Å². The largest absolute Gasteiger partial charge is 0.264 e. The summed E-state index contributed by atoms with van der Waals surface area (Å²) in [6.45, 7) is 0. The Morgan fingerprint density at radius 2 is 1.94 bits per heavy atom. The molecule has 3 nitrogen and oxygen atoms in total. The molecule has 0 aromatic rings. The zero-order valence-corrected chi connectivity index (χ0v) is 9.55. The number of fused-ring (bicyclic) bond motifs is 2. The summed E-state index contributed by atoms with van der Waals surface area (Å²) in [5, 5.41) is 11.1. The minimum absolute atomic E-state index is 0.0313. The van der Waals surface area contributed by atoms with Crippen LogP contribution in [0.15, 0.2) is 12.2 Å². The highest BCUT2D eigenvalue weighted by atomic mass is 16.6. The summed E-state index contributed by atoms with van der Waals surface area (Å²) in [5.41, 5.74) is 0. The van der Waals surface area contributed by atoms with E-state index >= 15 is 0 Å². The van der Waals surface area contributed by atoms with Crippen molar-refractivity contribution < 1.29 is 4.92 Å². The Hall–Kier alpha value is -0.860. The lowest BCUT2D eigenvalue weighted by molar-refractivity contribution is -0.535. The Morgan fingerprint density at radius 1 is 1.19 bits per heavy atom. The van der Waals surface area contributed by atoms with Crippen molar-refractivity contribution >= 4 is 0 Å². The second-order valence-corrected chi connectivity index (χ2v) is 5.77. The van der Waals surface area contributed by atoms with E-state index in [9.17, 15) is 10.1 Å². The van der Waals surface area contributed by atoms with Crippen molar-refractivity contribution in [2.45, 2.75) is 44.6 Å². The lowest BCUT2D eigenvalue weighted by Crippen LogP contribution is -2.41. The van der Waals surface area contributed by atoms with Gasteiger partial charge >= 0.3 is 0 Å². The SMILES string of the molecule is O=[N+]([O-])C1CC=CC2CC3CCCC3CC21. The molecule has 0 aliphatic heterocycles. The summed E-state index contributed by atoms with van der Waals surface area (Å²) < 4.78 is 0. The molecule has 5 unspecified atom stereocenters. The van der Waals surface area contributed by atoms with Crippen LogP contribution < -0.4 is 0 Å². The molecule has 5 atom stereocenters. The number of nitro groups is 1. The summed E-state index contributed by atoms with van der Waals surface area (Å²) >= 11 is 0. The number of allylic oxidation sites excluding steroid dienone is 1. The maximum Gasteiger partial charge on any atom is 0.219 e. The Labute approximate surface area is 96.1 Å². The van der Waals surface area contributed by atoms with Gasteiger partial charge in [0.15, 0.2) is 0 Å². The van der Waals surface area contributed by atoms with Crippen LogP contribution in [-0.2, 0) is 0 Å². The van der Waals surface area contributed by atoms with E-state index in [4.69, 9.17) is 0 Å². The van der Waals surface area contributed by atoms with Gasteiger partial charge < -0.3 is 0 Å². The molecule has 3 rings (SSSR count). The lowest BCUT2D eigenvalue weighted by Gasteiger charge is -2.39. The summed E-state index contributed by atoms with van der Waals surface area (Å²) in [4.78, 5) is 11.0. The molecule has 0 aromatic heterocycles. The van der Waals surface area contributed by atoms with Crippen LogP contribution in [0.5, 0.6) is 0 Å². The molecule has 88 valence electrons. The third kappa shape index (κ3) is 1.57. The Kier molecular flexibility index (Phi) is 2.49. The van der Waals surface area contributed by atoms with Crippen molar-refractivity contribution in [3.8, 4) is 0 Å². The average Bonchev–Trinajstić information content (AvgIpc) is 2.71. The first-order valence-corrected chi connectivity index (χ1v) is 6.56. The van der Waals surface area contributed by atoms with Crippen LogP contribution in [0, 0.1) is 33.8 Å². The van der Waals surface area contributed by atoms with Gasteiger partial charge in [0.2, 0.25) is 6.04 Å². The Balaban J connectivity index is 1.81. The first kappa shape index (κ1) is 10.3. The van der Waals surface area contributed by atoms with E-state index in [1.165, 1.54) is 25.7 Å². The van der Waals surface area contributed by atoms with Crippen LogP contribution in [0.1, 0.15) is 38.5 Å². The van der Waals surface area contributed by atoms with E-state index in [1.807, 2.05) is 6.08 Å². The quantitative estimate of drug-likeness (QED) is 0.388. The van der Waals surface area contributed by atoms with Crippen LogP contribution in [0.3, 0.4) is 0 Å². The number of hydrogen-bond donors (Lipinski definition) is 0. The topological polar surface area (TPSA) is 43.1 Å². The van der Waals surface area contributed by atoms with Gasteiger partial charge in [-0.2, -0.15) is 0 Å². The molecule has 16 heavy (non-hydrogen) atoms. The fourth-order valence-corrected chi connectivity index (χ4v) is 4.26. The zero-order valence-electron chi connectivity index (χ0n) is 9.55. The van der Waals surface area contributed by atoms with E-state index < -0.39 is 0 Å². The second-order valence-electron chi connectivity index (χ2n) is 5.77. The Morgan fingerprint density at radius 3 is 2.69 bits per heavy atom. The normalized spacial score (nSPS) is 46.1. The number of nitrogens with zero attached hydrogens (tertiary/aromatic N) is 1. The van der Waals surface area contributed by atoms with Crippen LogP contribution in [-0.4, -0.2) is 11.0 Å². The van der Waals surface area contributed by atoms with E-state index in [-0.39, 0.29) is 11.0 Å². The van der Waals surface area contributed by atoms with Crippen LogP contribution in [0.4, 0.5) is 0 Å². The van der Waals surface area contributed by atoms with Gasteiger partial charge in [-0.15, -0.1) is 0 Å². The second kappa shape index (κ2) is 3.86. The fraction of sp³-hybridized carbons (Fsp3) is 0.846. The monoisotopic (exact) mass is 221 g/mol. The van der Waals surface area contributed by atoms with Crippen molar-refractivity contribution in [3.63, 3.8) is 0 Å². The van der Waals surface area contributed by atoms with Gasteiger partial charge in [0.25, 0.3) is 0 Å². The first-order valence-electron chi connectivity index (χ1n) is 6.56. The average molecular weight is 221 g/mol. The summed E-state index contributed by atoms with van der Waals surface area (Å²) in [5.74, 6) is 2.51. The Bertz CT molecular complexity index is 326. The molecule has 2 saturated carbocycles. The van der Waals surface area contributed by atoms with Gasteiger partial charge in [-0.1, -0.05) is 31.4 Å². The molecule has 0 N–H and O–H groups in total. The van der Waals surface area contributed by atoms with Gasteiger partial charge in [-0.05, 0) is 30.6 Å². The highest BCUT2D eigenvalue weighted by molar-refractivity contribution is 5.05. The number of rotatable bonds is 1. The zero-order chi connectivity index (χ0) is 11.1. The molecular formula is C13H19NO2. The highest BCUT2D eigenvalue weighted by Crippen LogP contribution is 2.49. The van der Waals surface area contributed by atoms with E-state index in [2.05, 4.69) is 6.08 Å². The lowest BCUT2D eigenvalue weighted by atomic mass is 9.65. The molecule has 0 heterocycles. The minimum Gasteiger partial charge on any atom is -0.264 e. The smallest absolute Gasteiger partial charge is 0.219 e. The van der Waals surface area contributed by atoms with Crippen LogP contribution in [0.25, 0.3) is 0 Å². The fourth-order valence-electron chi connectivity index (χ4n) is 4.26. The van der Waals surface area contributed by atoms with Gasteiger partial charge in [-0.3, -0.25) is 10.1 Å². The van der Waals surface area contributed by atoms with Crippen molar-refractivity contribution in [1.82, 2.24) is 0 Å². The van der Waals surface area contributed by atoms with Crippen molar-refractivity contribution in [2.75, 3.05) is 0 Å². The van der Waals surface area contributed by atoms with Crippen molar-refractivity contribution in [2.24, 2.45) is 23.7 Å². The third-order valence-corrected chi connectivity index (χ3v) is 5.04. The molecule has 0 saturated heterocycles. The molecule has 2 fully saturated rings. The molecule has 3 aliphatic carbocycles. The summed E-state index contributed by atoms with van der Waals surface area (Å²) in [6, 6.07) is -0.295. The molecule has 3 heteroatoms. The molecule has 0 spiro atoms. The first-order chi connectivity index (χ1) is 7.75. The predicted octanol–water partition coefficient (Wildman–Crippen LogP) is 3.03. The van der Waals surface area contributed by atoms with Gasteiger partial charge in [0.05, 0.1) is 0 Å². The maximum atomic E-state index is 11.1. The van der Waals surface area contributed by atoms with E-state index in [0.29, 0.717) is 18.3 Å². The van der Waals surface area contributed by atoms with E-state index in [0.717, 1.165) is 18.3 Å². The predicted molar refractivity (Wildman–Crippen MR) is 61.6 cm³/mol. The molecule has 0 amide bonds. The maximum absolute atomic E-state index is 11.1. The third-order valence-electron chi connectivity index (χ3n) is 5.04. The van der Waals surface area contributed by atoms with Gasteiger partial charge in [0.1, 0.15) is 0 Å². The van der Waals surface area contributed by atoms with Gasteiger partial charge in [-0.25, -0.2) is 0 Å². The van der Waals surface area contributed by atoms with E-state index in [1.54, 1.807) is 0 Å². The molecule has 3 aliphatic rings. The van der Waals surface area contributed by atoms with Crippen LogP contribution >= 0.6 is 0 Å².